The number of nitrogens with zero attached hydrogens (tertiary/aromatic N) is 1. The molecule has 0 aromatic carbocycles. The molecule has 46 valence electrons. The minimum absolute atomic E-state index is 0. The second-order valence-electron chi connectivity index (χ2n) is 1.97. The van der Waals surface area contributed by atoms with Gasteiger partial charge < -0.3 is 0 Å². The Morgan fingerprint density at radius 1 is 1.00 bits per heavy atom. The van der Waals surface area contributed by atoms with Gasteiger partial charge in [0.2, 0.25) is 0 Å². The molecule has 1 saturated heterocycles. The molecule has 0 bridgehead atoms. The fourth-order valence-electron chi connectivity index (χ4n) is 0.855. The molecule has 0 aromatic rings. The smallest absolute Gasteiger partial charge is 0.220 e. The molecule has 0 atom stereocenters. The minimum atomic E-state index is 0. The van der Waals surface area contributed by atoms with Gasteiger partial charge in [-0.15, -0.1) is 0 Å². The predicted octanol–water partition coefficient (Wildman–Crippen LogP) is 0.710. The largest absolute Gasteiger partial charge is 0.316 e. The maximum atomic E-state index is 5.65. The van der Waals surface area contributed by atoms with Crippen molar-refractivity contribution >= 4 is 34.8 Å². The summed E-state index contributed by atoms with van der Waals surface area (Å²) in [5, 5.41) is 0. The van der Waals surface area contributed by atoms with Gasteiger partial charge in [0.1, 0.15) is 0 Å². The van der Waals surface area contributed by atoms with Gasteiger partial charge in [0.15, 0.2) is 0 Å². The lowest BCUT2D eigenvalue weighted by atomic mass is 10.2. The van der Waals surface area contributed by atoms with Crippen LogP contribution in [0.5, 0.6) is 0 Å². The lowest BCUT2D eigenvalue weighted by Crippen LogP contribution is -2.19. The zero-order chi connectivity index (χ0) is 5.11. The summed E-state index contributed by atoms with van der Waals surface area (Å²) in [5.41, 5.74) is 0. The van der Waals surface area contributed by atoms with E-state index in [0.717, 1.165) is 13.1 Å². The number of halogens is 1. The first-order valence-corrected chi connectivity index (χ1v) is 3.14. The Morgan fingerprint density at radius 3 is 1.75 bits per heavy atom. The summed E-state index contributed by atoms with van der Waals surface area (Å²) in [5.74, 6) is 0. The van der Waals surface area contributed by atoms with E-state index >= 15 is 0 Å². The number of rotatable bonds is 0. The summed E-state index contributed by atoms with van der Waals surface area (Å²) in [6.45, 7) is 2.17. The molecular weight excluding hydrogens is 134 g/mol. The van der Waals surface area contributed by atoms with Crippen LogP contribution in [0.25, 0.3) is 0 Å². The molecule has 0 aromatic heterocycles. The Kier molecular flexibility index (Phi) is 5.47. The maximum Gasteiger partial charge on any atom is 0.316 e. The van der Waals surface area contributed by atoms with Crippen LogP contribution in [-0.2, 0) is 0 Å². The van der Waals surface area contributed by atoms with Gasteiger partial charge in [-0.2, -0.15) is 0 Å². The highest BCUT2D eigenvalue weighted by atomic mass is 35.5. The highest BCUT2D eigenvalue weighted by Gasteiger charge is 2.04. The zero-order valence-electron chi connectivity index (χ0n) is 4.36. The van der Waals surface area contributed by atoms with Crippen molar-refractivity contribution in [2.45, 2.75) is 19.3 Å². The van der Waals surface area contributed by atoms with Gasteiger partial charge in [0.25, 0.3) is 0 Å². The van der Waals surface area contributed by atoms with Gasteiger partial charge in [0.05, 0.1) is 0 Å². The fraction of sp³-hybridized carbons (Fsp3) is 1.00. The Labute approximate surface area is 71.6 Å². The highest BCUT2D eigenvalue weighted by Crippen LogP contribution is 2.09. The summed E-state index contributed by atoms with van der Waals surface area (Å²) >= 11 is 5.65. The van der Waals surface area contributed by atoms with E-state index < -0.39 is 0 Å². The monoisotopic (exact) mass is 145 g/mol. The van der Waals surface area contributed by atoms with Crippen LogP contribution >= 0.6 is 11.8 Å². The molecule has 1 aliphatic rings. The normalized spacial score (nSPS) is 22.1. The van der Waals surface area contributed by atoms with Crippen molar-refractivity contribution in [1.82, 2.24) is 4.42 Å². The molecule has 3 heteroatoms. The van der Waals surface area contributed by atoms with Crippen molar-refractivity contribution in [2.75, 3.05) is 13.1 Å². The summed E-state index contributed by atoms with van der Waals surface area (Å²) in [4.78, 5) is 0. The van der Waals surface area contributed by atoms with Crippen molar-refractivity contribution in [2.24, 2.45) is 0 Å². The zero-order valence-corrected chi connectivity index (χ0v) is 5.12. The van der Waals surface area contributed by atoms with Gasteiger partial charge >= 0.3 is 23.1 Å². The quantitative estimate of drug-likeness (QED) is 0.359. The summed E-state index contributed by atoms with van der Waals surface area (Å²) in [6.07, 6.45) is 3.93. The molecule has 1 aliphatic heterocycles. The lowest BCUT2D eigenvalue weighted by molar-refractivity contribution is 0.369. The second kappa shape index (κ2) is 4.85. The molecule has 0 N–H and O–H groups in total. The maximum absolute atomic E-state index is 5.65. The molecule has 1 fully saturated rings. The van der Waals surface area contributed by atoms with Gasteiger partial charge in [-0.3, -0.25) is 0 Å². The number of hydrogen-bond acceptors (Lipinski definition) is 1. The van der Waals surface area contributed by atoms with E-state index in [9.17, 15) is 0 Å². The predicted molar refractivity (Wildman–Crippen MR) is 39.8 cm³/mol. The lowest BCUT2D eigenvalue weighted by Gasteiger charge is -2.17. The number of hydrogen-bond donors (Lipinski definition) is 0. The molecule has 1 heterocycles. The van der Waals surface area contributed by atoms with Gasteiger partial charge in [0, 0.05) is 13.1 Å². The molecule has 0 amide bonds. The third-order valence-electron chi connectivity index (χ3n) is 1.30. The standard InChI is InChI=1S/C5H10ClN.Mg.2H/c6-7-4-2-1-3-5-7;;;/h1-5H2;;;. The Balaban J connectivity index is 0.000000490. The van der Waals surface area contributed by atoms with Crippen LogP contribution in [0.4, 0.5) is 0 Å². The van der Waals surface area contributed by atoms with E-state index in [4.69, 9.17) is 11.8 Å². The van der Waals surface area contributed by atoms with E-state index in [1.54, 1.807) is 0 Å². The van der Waals surface area contributed by atoms with Crippen LogP contribution in [0.1, 0.15) is 19.3 Å². The van der Waals surface area contributed by atoms with E-state index in [1.165, 1.54) is 19.3 Å². The van der Waals surface area contributed by atoms with E-state index in [-0.39, 0.29) is 23.1 Å². The number of piperidine rings is 1. The van der Waals surface area contributed by atoms with Crippen molar-refractivity contribution in [3.63, 3.8) is 0 Å². The summed E-state index contributed by atoms with van der Waals surface area (Å²) in [7, 11) is 0. The van der Waals surface area contributed by atoms with Crippen molar-refractivity contribution in [3.8, 4) is 0 Å². The molecule has 8 heavy (non-hydrogen) atoms. The molecule has 0 radical (unpaired) electrons. The van der Waals surface area contributed by atoms with Crippen LogP contribution in [0, 0.1) is 0 Å². The van der Waals surface area contributed by atoms with Gasteiger partial charge in [-0.1, -0.05) is 6.42 Å². The van der Waals surface area contributed by atoms with Crippen LogP contribution in [0.15, 0.2) is 0 Å². The summed E-state index contributed by atoms with van der Waals surface area (Å²) < 4.78 is 1.86. The topological polar surface area (TPSA) is 3.24 Å². The minimum Gasteiger partial charge on any atom is -0.220 e. The second-order valence-corrected chi connectivity index (χ2v) is 2.45. The first-order chi connectivity index (χ1) is 3.39. The van der Waals surface area contributed by atoms with Crippen LogP contribution < -0.4 is 0 Å². The third-order valence-corrected chi connectivity index (χ3v) is 1.64. The fourth-order valence-corrected chi connectivity index (χ4v) is 1.09. The van der Waals surface area contributed by atoms with Crippen LogP contribution in [0.3, 0.4) is 0 Å². The van der Waals surface area contributed by atoms with Gasteiger partial charge in [-0.05, 0) is 24.6 Å². The van der Waals surface area contributed by atoms with E-state index in [2.05, 4.69) is 0 Å². The molecule has 0 spiro atoms. The molecule has 0 unspecified atom stereocenters. The average Bonchev–Trinajstić information content (AvgIpc) is 1.69. The van der Waals surface area contributed by atoms with Crippen molar-refractivity contribution in [3.05, 3.63) is 0 Å². The first kappa shape index (κ1) is 9.02. The Bertz CT molecular complexity index is 54.4. The van der Waals surface area contributed by atoms with Crippen molar-refractivity contribution in [1.29, 1.82) is 0 Å². The molecule has 1 nitrogen and oxygen atoms in total. The molecule has 0 aliphatic carbocycles. The SMILES string of the molecule is ClN1CCCCC1.[MgH2]. The molecular formula is C5H12ClMgN. The average molecular weight is 146 g/mol. The van der Waals surface area contributed by atoms with Crippen molar-refractivity contribution < 1.29 is 0 Å². The molecule has 0 saturated carbocycles. The van der Waals surface area contributed by atoms with E-state index in [0.29, 0.717) is 0 Å². The Hall–Kier alpha value is 1.02. The Morgan fingerprint density at radius 2 is 1.50 bits per heavy atom. The van der Waals surface area contributed by atoms with Crippen LogP contribution in [0.2, 0.25) is 0 Å². The molecule has 1 rings (SSSR count). The summed E-state index contributed by atoms with van der Waals surface area (Å²) in [6, 6.07) is 0. The van der Waals surface area contributed by atoms with E-state index in [1.807, 2.05) is 4.42 Å². The van der Waals surface area contributed by atoms with Gasteiger partial charge in [-0.25, -0.2) is 4.42 Å². The highest BCUT2D eigenvalue weighted by molar-refractivity contribution is 6.13. The van der Waals surface area contributed by atoms with Crippen LogP contribution in [-0.4, -0.2) is 40.6 Å². The first-order valence-electron chi connectivity index (χ1n) is 2.80. The third kappa shape index (κ3) is 3.12.